The molecule has 0 unspecified atom stereocenters. The van der Waals surface area contributed by atoms with Gasteiger partial charge in [-0.05, 0) is 54.8 Å². The summed E-state index contributed by atoms with van der Waals surface area (Å²) in [6, 6.07) is 12.9. The van der Waals surface area contributed by atoms with Crippen molar-refractivity contribution in [3.05, 3.63) is 59.9 Å². The van der Waals surface area contributed by atoms with Gasteiger partial charge in [-0.2, -0.15) is 0 Å². The molecule has 1 aliphatic carbocycles. The van der Waals surface area contributed by atoms with Gasteiger partial charge in [0.15, 0.2) is 0 Å². The molecule has 23 heavy (non-hydrogen) atoms. The molecule has 1 fully saturated rings. The molecule has 0 aliphatic heterocycles. The summed E-state index contributed by atoms with van der Waals surface area (Å²) < 4.78 is 13.1. The minimum absolute atomic E-state index is 0.0490. The molecule has 1 saturated carbocycles. The number of hydrogen-bond acceptors (Lipinski definition) is 2. The summed E-state index contributed by atoms with van der Waals surface area (Å²) in [4.78, 5) is 23.6. The van der Waals surface area contributed by atoms with E-state index in [2.05, 4.69) is 10.6 Å². The first-order valence-electron chi connectivity index (χ1n) is 7.55. The second-order valence-electron chi connectivity index (χ2n) is 5.70. The highest BCUT2D eigenvalue weighted by Crippen LogP contribution is 2.30. The lowest BCUT2D eigenvalue weighted by molar-refractivity contribution is -0.117. The second kappa shape index (κ2) is 6.60. The molecule has 0 aromatic heterocycles. The van der Waals surface area contributed by atoms with Crippen LogP contribution in [0.1, 0.15) is 18.4 Å². The fourth-order valence-corrected chi connectivity index (χ4v) is 2.26. The third-order valence-electron chi connectivity index (χ3n) is 3.64. The van der Waals surface area contributed by atoms with Crippen molar-refractivity contribution in [3.63, 3.8) is 0 Å². The molecule has 0 bridgehead atoms. The average Bonchev–Trinajstić information content (AvgIpc) is 3.34. The van der Waals surface area contributed by atoms with E-state index in [4.69, 9.17) is 0 Å². The zero-order valence-electron chi connectivity index (χ0n) is 12.5. The Hall–Kier alpha value is -2.69. The van der Waals surface area contributed by atoms with E-state index in [-0.39, 0.29) is 30.0 Å². The van der Waals surface area contributed by atoms with Crippen LogP contribution in [0.15, 0.2) is 48.5 Å². The molecule has 0 spiro atoms. The van der Waals surface area contributed by atoms with Crippen LogP contribution < -0.4 is 10.6 Å². The van der Waals surface area contributed by atoms with Gasteiger partial charge in [0.25, 0.3) is 0 Å². The summed E-state index contributed by atoms with van der Waals surface area (Å²) >= 11 is 0. The van der Waals surface area contributed by atoms with Gasteiger partial charge in [0.1, 0.15) is 5.82 Å². The molecule has 2 aromatic carbocycles. The molecule has 0 radical (unpaired) electrons. The molecule has 2 N–H and O–H groups in total. The van der Waals surface area contributed by atoms with Gasteiger partial charge < -0.3 is 10.6 Å². The molecule has 2 aromatic rings. The van der Waals surface area contributed by atoms with Crippen molar-refractivity contribution in [3.8, 4) is 0 Å². The Kier molecular flexibility index (Phi) is 4.37. The van der Waals surface area contributed by atoms with Crippen molar-refractivity contribution < 1.29 is 14.0 Å². The zero-order valence-corrected chi connectivity index (χ0v) is 12.5. The van der Waals surface area contributed by atoms with E-state index in [9.17, 15) is 14.0 Å². The smallest absolute Gasteiger partial charge is 0.228 e. The van der Waals surface area contributed by atoms with Gasteiger partial charge in [-0.1, -0.05) is 12.1 Å². The van der Waals surface area contributed by atoms with E-state index in [1.54, 1.807) is 36.4 Å². The first-order chi connectivity index (χ1) is 11.1. The number of amides is 2. The van der Waals surface area contributed by atoms with Gasteiger partial charge >= 0.3 is 0 Å². The van der Waals surface area contributed by atoms with Crippen molar-refractivity contribution >= 4 is 23.2 Å². The molecular formula is C18H17FN2O2. The highest BCUT2D eigenvalue weighted by atomic mass is 19.1. The van der Waals surface area contributed by atoms with Crippen LogP contribution in [-0.4, -0.2) is 11.8 Å². The second-order valence-corrected chi connectivity index (χ2v) is 5.70. The Balaban J connectivity index is 1.54. The summed E-state index contributed by atoms with van der Waals surface area (Å²) in [7, 11) is 0. The SMILES string of the molecule is O=C(Cc1cccc(F)c1)Nc1ccc(NC(=O)C2CC2)cc1. The standard InChI is InChI=1S/C18H17FN2O2/c19-14-3-1-2-12(10-14)11-17(22)20-15-6-8-16(9-7-15)21-18(23)13-4-5-13/h1-3,6-10,13H,4-5,11H2,(H,20,22)(H,21,23). The van der Waals surface area contributed by atoms with E-state index in [1.165, 1.54) is 12.1 Å². The molecule has 118 valence electrons. The first-order valence-corrected chi connectivity index (χ1v) is 7.55. The number of carbonyl (C=O) groups is 2. The largest absolute Gasteiger partial charge is 0.326 e. The number of anilines is 2. The molecule has 4 nitrogen and oxygen atoms in total. The number of halogens is 1. The molecule has 2 amide bonds. The normalized spacial score (nSPS) is 13.4. The van der Waals surface area contributed by atoms with Gasteiger partial charge in [-0.25, -0.2) is 4.39 Å². The number of nitrogens with one attached hydrogen (secondary N) is 2. The van der Waals surface area contributed by atoms with Crippen molar-refractivity contribution in [2.45, 2.75) is 19.3 Å². The van der Waals surface area contributed by atoms with E-state index >= 15 is 0 Å². The van der Waals surface area contributed by atoms with Crippen LogP contribution in [0.4, 0.5) is 15.8 Å². The number of benzene rings is 2. The maximum atomic E-state index is 13.1. The lowest BCUT2D eigenvalue weighted by Crippen LogP contribution is -2.15. The van der Waals surface area contributed by atoms with Gasteiger partial charge in [0.05, 0.1) is 6.42 Å². The predicted octanol–water partition coefficient (Wildman–Crippen LogP) is 3.36. The Morgan fingerprint density at radius 1 is 1.00 bits per heavy atom. The summed E-state index contributed by atoms with van der Waals surface area (Å²) in [5.74, 6) is -0.370. The summed E-state index contributed by atoms with van der Waals surface area (Å²) in [5, 5.41) is 5.59. The minimum Gasteiger partial charge on any atom is -0.326 e. The van der Waals surface area contributed by atoms with Gasteiger partial charge in [0, 0.05) is 17.3 Å². The zero-order chi connectivity index (χ0) is 16.2. The highest BCUT2D eigenvalue weighted by Gasteiger charge is 2.29. The van der Waals surface area contributed by atoms with Gasteiger partial charge in [-0.3, -0.25) is 9.59 Å². The monoisotopic (exact) mass is 312 g/mol. The Labute approximate surface area is 133 Å². The average molecular weight is 312 g/mol. The molecule has 5 heteroatoms. The highest BCUT2D eigenvalue weighted by molar-refractivity contribution is 5.95. The third kappa shape index (κ3) is 4.39. The number of hydrogen-bond donors (Lipinski definition) is 2. The Morgan fingerprint density at radius 3 is 2.26 bits per heavy atom. The van der Waals surface area contributed by atoms with E-state index in [0.717, 1.165) is 12.8 Å². The summed E-state index contributed by atoms with van der Waals surface area (Å²) in [5.41, 5.74) is 1.97. The minimum atomic E-state index is -0.356. The fraction of sp³-hybridized carbons (Fsp3) is 0.222. The van der Waals surface area contributed by atoms with Crippen LogP contribution in [0.2, 0.25) is 0 Å². The third-order valence-corrected chi connectivity index (χ3v) is 3.64. The van der Waals surface area contributed by atoms with Crippen LogP contribution in [0, 0.1) is 11.7 Å². The Morgan fingerprint density at radius 2 is 1.65 bits per heavy atom. The quantitative estimate of drug-likeness (QED) is 0.889. The van der Waals surface area contributed by atoms with Gasteiger partial charge in [-0.15, -0.1) is 0 Å². The molecule has 3 rings (SSSR count). The maximum absolute atomic E-state index is 13.1. The van der Waals surface area contributed by atoms with Gasteiger partial charge in [0.2, 0.25) is 11.8 Å². The van der Waals surface area contributed by atoms with E-state index < -0.39 is 0 Å². The lowest BCUT2D eigenvalue weighted by atomic mass is 10.1. The van der Waals surface area contributed by atoms with Crippen molar-refractivity contribution in [1.29, 1.82) is 0 Å². The first kappa shape index (κ1) is 15.2. The maximum Gasteiger partial charge on any atom is 0.228 e. The summed E-state index contributed by atoms with van der Waals surface area (Å²) in [6.07, 6.45) is 2.03. The molecular weight excluding hydrogens is 295 g/mol. The number of rotatable bonds is 5. The van der Waals surface area contributed by atoms with E-state index in [1.807, 2.05) is 0 Å². The van der Waals surface area contributed by atoms with Crippen molar-refractivity contribution in [2.75, 3.05) is 10.6 Å². The fourth-order valence-electron chi connectivity index (χ4n) is 2.26. The van der Waals surface area contributed by atoms with Crippen molar-refractivity contribution in [1.82, 2.24) is 0 Å². The lowest BCUT2D eigenvalue weighted by Gasteiger charge is -2.08. The molecule has 0 atom stereocenters. The van der Waals surface area contributed by atoms with Crippen LogP contribution >= 0.6 is 0 Å². The van der Waals surface area contributed by atoms with Crippen LogP contribution in [-0.2, 0) is 16.0 Å². The predicted molar refractivity (Wildman–Crippen MR) is 86.5 cm³/mol. The molecule has 1 aliphatic rings. The molecule has 0 heterocycles. The van der Waals surface area contributed by atoms with E-state index in [0.29, 0.717) is 16.9 Å². The van der Waals surface area contributed by atoms with Crippen molar-refractivity contribution in [2.24, 2.45) is 5.92 Å². The van der Waals surface area contributed by atoms with Crippen LogP contribution in [0.5, 0.6) is 0 Å². The topological polar surface area (TPSA) is 58.2 Å². The van der Waals surface area contributed by atoms with Crippen LogP contribution in [0.25, 0.3) is 0 Å². The molecule has 0 saturated heterocycles. The summed E-state index contributed by atoms with van der Waals surface area (Å²) in [6.45, 7) is 0. The Bertz CT molecular complexity index is 724. The van der Waals surface area contributed by atoms with Crippen LogP contribution in [0.3, 0.4) is 0 Å². The number of carbonyl (C=O) groups excluding carboxylic acids is 2.